The van der Waals surface area contributed by atoms with Gasteiger partial charge in [0.1, 0.15) is 5.75 Å². The molecule has 5 rings (SSSR count). The van der Waals surface area contributed by atoms with Crippen LogP contribution in [0.1, 0.15) is 22.7 Å². The van der Waals surface area contributed by atoms with Crippen molar-refractivity contribution in [1.29, 1.82) is 0 Å². The van der Waals surface area contributed by atoms with Gasteiger partial charge in [0.25, 0.3) is 5.91 Å². The predicted octanol–water partition coefficient (Wildman–Crippen LogP) is 6.23. The van der Waals surface area contributed by atoms with Crippen LogP contribution in [0.3, 0.4) is 0 Å². The van der Waals surface area contributed by atoms with E-state index in [2.05, 4.69) is 4.98 Å². The van der Waals surface area contributed by atoms with Crippen molar-refractivity contribution >= 4 is 45.8 Å². The largest absolute Gasteiger partial charge is 0.503 e. The van der Waals surface area contributed by atoms with Gasteiger partial charge in [0, 0.05) is 40.1 Å². The Morgan fingerprint density at radius 3 is 2.59 bits per heavy atom. The quantitative estimate of drug-likeness (QED) is 0.280. The first-order valence-electron chi connectivity index (χ1n) is 11.8. The van der Waals surface area contributed by atoms with Crippen molar-refractivity contribution < 1.29 is 19.4 Å². The van der Waals surface area contributed by atoms with E-state index in [-0.39, 0.29) is 24.3 Å². The van der Waals surface area contributed by atoms with E-state index in [9.17, 15) is 14.7 Å². The number of hydrogen-bond donors (Lipinski definition) is 2. The number of ether oxygens (including phenoxy) is 1. The number of carbonyl (C=O) groups excluding carboxylic acids is 2. The number of aromatic nitrogens is 1. The Bertz CT molecular complexity index is 1530. The molecule has 1 atom stereocenters. The van der Waals surface area contributed by atoms with Crippen molar-refractivity contribution in [2.75, 3.05) is 13.7 Å². The van der Waals surface area contributed by atoms with Gasteiger partial charge in [-0.15, -0.1) is 0 Å². The van der Waals surface area contributed by atoms with Crippen molar-refractivity contribution in [2.24, 2.45) is 0 Å². The molecule has 1 aliphatic rings. The fraction of sp³-hybridized carbons (Fsp3) is 0.172. The molecule has 188 valence electrons. The number of Topliss-reactive ketones (excluding diaryl/α,β-unsaturated/α-hetero) is 1. The molecule has 0 aliphatic carbocycles. The van der Waals surface area contributed by atoms with Crippen LogP contribution < -0.4 is 4.74 Å². The van der Waals surface area contributed by atoms with Gasteiger partial charge in [-0.2, -0.15) is 0 Å². The Kier molecular flexibility index (Phi) is 6.96. The van der Waals surface area contributed by atoms with Gasteiger partial charge < -0.3 is 19.7 Å². The molecule has 0 saturated heterocycles. The highest BCUT2D eigenvalue weighted by Gasteiger charge is 2.43. The minimum Gasteiger partial charge on any atom is -0.503 e. The predicted molar refractivity (Wildman–Crippen MR) is 144 cm³/mol. The monoisotopic (exact) mass is 534 g/mol. The second kappa shape index (κ2) is 10.3. The van der Waals surface area contributed by atoms with Crippen LogP contribution in [0.2, 0.25) is 10.0 Å². The topological polar surface area (TPSA) is 82.6 Å². The molecule has 0 fully saturated rings. The average molecular weight is 535 g/mol. The van der Waals surface area contributed by atoms with Crippen LogP contribution in [-0.2, 0) is 22.4 Å². The van der Waals surface area contributed by atoms with Gasteiger partial charge >= 0.3 is 0 Å². The van der Waals surface area contributed by atoms with Crippen LogP contribution in [0.15, 0.2) is 84.3 Å². The lowest BCUT2D eigenvalue weighted by molar-refractivity contribution is -0.129. The molecule has 0 spiro atoms. The summed E-state index contributed by atoms with van der Waals surface area (Å²) in [5.41, 5.74) is 3.28. The molecule has 2 heterocycles. The van der Waals surface area contributed by atoms with Gasteiger partial charge in [-0.3, -0.25) is 9.59 Å². The summed E-state index contributed by atoms with van der Waals surface area (Å²) in [7, 11) is 1.61. The summed E-state index contributed by atoms with van der Waals surface area (Å²) < 4.78 is 5.36. The Hall–Kier alpha value is -3.74. The maximum absolute atomic E-state index is 13.5. The van der Waals surface area contributed by atoms with Crippen LogP contribution in [0.4, 0.5) is 0 Å². The molecule has 1 aromatic heterocycles. The molecular weight excluding hydrogens is 511 g/mol. The van der Waals surface area contributed by atoms with Gasteiger partial charge in [0.05, 0.1) is 18.7 Å². The molecule has 2 N–H and O–H groups in total. The summed E-state index contributed by atoms with van der Waals surface area (Å²) >= 11 is 12.7. The number of rotatable bonds is 8. The molecule has 37 heavy (non-hydrogen) atoms. The van der Waals surface area contributed by atoms with Crippen molar-refractivity contribution in [1.82, 2.24) is 9.88 Å². The number of amides is 1. The summed E-state index contributed by atoms with van der Waals surface area (Å²) in [6.07, 6.45) is 2.42. The average Bonchev–Trinajstić information content (AvgIpc) is 3.41. The van der Waals surface area contributed by atoms with E-state index in [4.69, 9.17) is 27.9 Å². The lowest BCUT2D eigenvalue weighted by Crippen LogP contribution is -2.33. The number of carbonyl (C=O) groups is 2. The second-order valence-electron chi connectivity index (χ2n) is 8.89. The number of nitrogens with one attached hydrogen (secondary N) is 1. The Morgan fingerprint density at radius 2 is 1.86 bits per heavy atom. The SMILES string of the molecule is COc1ccc2[nH]cc(CCN3C(=O)C(O)=C(C(=O)Cc4ccccc4)C3c3ccc(Cl)cc3Cl)c2c1. The van der Waals surface area contributed by atoms with Crippen molar-refractivity contribution in [3.63, 3.8) is 0 Å². The standard InChI is InChI=1S/C29H24Cl2N2O4/c1-37-20-8-10-24-22(15-20)18(16-32-24)11-12-33-27(21-9-7-19(30)14-23(21)31)26(28(35)29(33)36)25(34)13-17-5-3-2-4-6-17/h2-10,14-16,27,32,35H,11-13H2,1H3. The molecule has 0 saturated carbocycles. The molecule has 6 nitrogen and oxygen atoms in total. The van der Waals surface area contributed by atoms with Crippen LogP contribution in [0, 0.1) is 0 Å². The summed E-state index contributed by atoms with van der Waals surface area (Å²) in [6.45, 7) is 0.249. The first-order chi connectivity index (χ1) is 17.9. The van der Waals surface area contributed by atoms with Gasteiger partial charge in [0.15, 0.2) is 11.5 Å². The number of aromatic amines is 1. The van der Waals surface area contributed by atoms with E-state index in [1.165, 1.54) is 4.90 Å². The van der Waals surface area contributed by atoms with Crippen molar-refractivity contribution in [3.05, 3.63) is 111 Å². The number of hydrogen-bond acceptors (Lipinski definition) is 4. The summed E-state index contributed by atoms with van der Waals surface area (Å²) in [4.78, 5) is 31.5. The van der Waals surface area contributed by atoms with Crippen LogP contribution in [0.25, 0.3) is 10.9 Å². The molecule has 3 aromatic carbocycles. The smallest absolute Gasteiger partial charge is 0.290 e. The first kappa shape index (κ1) is 24.9. The summed E-state index contributed by atoms with van der Waals surface area (Å²) in [5, 5.41) is 12.6. The zero-order valence-electron chi connectivity index (χ0n) is 20.0. The van der Waals surface area contributed by atoms with Gasteiger partial charge in [-0.1, -0.05) is 59.6 Å². The number of fused-ring (bicyclic) bond motifs is 1. The second-order valence-corrected chi connectivity index (χ2v) is 9.73. The molecule has 8 heteroatoms. The zero-order chi connectivity index (χ0) is 26.1. The number of benzene rings is 3. The van der Waals surface area contributed by atoms with Gasteiger partial charge in [0.2, 0.25) is 0 Å². The van der Waals surface area contributed by atoms with E-state index < -0.39 is 17.7 Å². The summed E-state index contributed by atoms with van der Waals surface area (Å²) in [5.74, 6) is -0.765. The minimum absolute atomic E-state index is 0.0404. The summed E-state index contributed by atoms with van der Waals surface area (Å²) in [6, 6.07) is 19.0. The fourth-order valence-corrected chi connectivity index (χ4v) is 5.34. The van der Waals surface area contributed by atoms with Crippen LogP contribution >= 0.6 is 23.2 Å². The number of halogens is 2. The Morgan fingerprint density at radius 1 is 1.08 bits per heavy atom. The normalized spacial score (nSPS) is 15.6. The molecule has 1 unspecified atom stereocenters. The molecule has 1 aliphatic heterocycles. The maximum atomic E-state index is 13.5. The fourth-order valence-electron chi connectivity index (χ4n) is 4.82. The number of methoxy groups -OCH3 is 1. The van der Waals surface area contributed by atoms with E-state index in [1.54, 1.807) is 25.3 Å². The minimum atomic E-state index is -0.840. The Balaban J connectivity index is 1.50. The van der Waals surface area contributed by atoms with Crippen molar-refractivity contribution in [3.8, 4) is 5.75 Å². The molecular formula is C29H24Cl2N2O4. The van der Waals surface area contributed by atoms with E-state index in [1.807, 2.05) is 54.7 Å². The third-order valence-corrected chi connectivity index (χ3v) is 7.23. The lowest BCUT2D eigenvalue weighted by Gasteiger charge is -2.27. The van der Waals surface area contributed by atoms with E-state index >= 15 is 0 Å². The lowest BCUT2D eigenvalue weighted by atomic mass is 9.93. The van der Waals surface area contributed by atoms with Gasteiger partial charge in [-0.05, 0) is 53.4 Å². The molecule has 4 aromatic rings. The third-order valence-electron chi connectivity index (χ3n) is 6.67. The number of H-pyrrole nitrogens is 1. The van der Waals surface area contributed by atoms with Crippen molar-refractivity contribution in [2.45, 2.75) is 18.9 Å². The van der Waals surface area contributed by atoms with Crippen LogP contribution in [0.5, 0.6) is 5.75 Å². The number of aliphatic hydroxyl groups is 1. The van der Waals surface area contributed by atoms with Gasteiger partial charge in [-0.25, -0.2) is 0 Å². The Labute approximate surface area is 224 Å². The first-order valence-corrected chi connectivity index (χ1v) is 12.5. The zero-order valence-corrected chi connectivity index (χ0v) is 21.5. The maximum Gasteiger partial charge on any atom is 0.290 e. The third kappa shape index (κ3) is 4.82. The molecule has 0 radical (unpaired) electrons. The molecule has 0 bridgehead atoms. The van der Waals surface area contributed by atoms with Crippen LogP contribution in [-0.4, -0.2) is 40.3 Å². The van der Waals surface area contributed by atoms with E-state index in [0.29, 0.717) is 22.0 Å². The number of aliphatic hydroxyl groups excluding tert-OH is 1. The highest BCUT2D eigenvalue weighted by molar-refractivity contribution is 6.35. The number of ketones is 1. The highest BCUT2D eigenvalue weighted by Crippen LogP contribution is 2.42. The number of nitrogens with zero attached hydrogens (tertiary/aromatic N) is 1. The highest BCUT2D eigenvalue weighted by atomic mass is 35.5. The molecule has 1 amide bonds. The van der Waals surface area contributed by atoms with E-state index in [0.717, 1.165) is 27.8 Å².